The molecule has 0 aliphatic carbocycles. The van der Waals surface area contributed by atoms with Gasteiger partial charge in [-0.25, -0.2) is 9.97 Å². The Balaban J connectivity index is 1.13. The van der Waals surface area contributed by atoms with Gasteiger partial charge in [0.25, 0.3) is 0 Å². The van der Waals surface area contributed by atoms with Crippen molar-refractivity contribution in [2.75, 3.05) is 0 Å². The fourth-order valence-electron chi connectivity index (χ4n) is 8.93. The van der Waals surface area contributed by atoms with E-state index in [1.807, 2.05) is 47.9 Å². The van der Waals surface area contributed by atoms with Crippen molar-refractivity contribution in [2.45, 2.75) is 0 Å². The smallest absolute Gasteiger partial charge is 0.160 e. The van der Waals surface area contributed by atoms with E-state index in [9.17, 15) is 0 Å². The Morgan fingerprint density at radius 3 is 1.55 bits per heavy atom. The number of fused-ring (bicyclic) bond motifs is 7. The van der Waals surface area contributed by atoms with Crippen LogP contribution in [0.15, 0.2) is 219 Å². The molecule has 0 saturated heterocycles. The molecule has 0 fully saturated rings. The Bertz CT molecular complexity index is 3520. The van der Waals surface area contributed by atoms with Crippen LogP contribution in [0.1, 0.15) is 0 Å². The molecule has 0 amide bonds. The molecule has 0 radical (unpaired) electrons. The van der Waals surface area contributed by atoms with Gasteiger partial charge in [-0.1, -0.05) is 152 Å². The summed E-state index contributed by atoms with van der Waals surface area (Å²) >= 11 is 1.85. The standard InChI is InChI=1S/C57H36N4S/c1-5-15-37(16-6-1)42-26-30-51-46(33-42)55-54-47-34-43(38-17-7-2-8-18-38)27-31-52(47)62-53(54)35-45(48-23-13-14-32-58-48)56(55)61(51)44-28-24-40(25-29-44)50-36-49(39-19-9-3-10-20-39)59-57(60-50)41-21-11-4-12-22-41/h1-36H. The number of thiophene rings is 1. The number of benzene rings is 8. The van der Waals surface area contributed by atoms with E-state index in [0.717, 1.165) is 56.1 Å². The summed E-state index contributed by atoms with van der Waals surface area (Å²) in [7, 11) is 0. The molecule has 0 atom stereocenters. The number of hydrogen-bond donors (Lipinski definition) is 0. The van der Waals surface area contributed by atoms with Crippen molar-refractivity contribution < 1.29 is 0 Å². The fraction of sp³-hybridized carbons (Fsp3) is 0. The normalized spacial score (nSPS) is 11.5. The van der Waals surface area contributed by atoms with Crippen LogP contribution in [-0.4, -0.2) is 19.5 Å². The van der Waals surface area contributed by atoms with Crippen molar-refractivity contribution >= 4 is 53.3 Å². The molecule has 0 spiro atoms. The second-order valence-electron chi connectivity index (χ2n) is 15.6. The highest BCUT2D eigenvalue weighted by Crippen LogP contribution is 2.48. The average Bonchev–Trinajstić information content (AvgIpc) is 3.90. The molecule has 0 aliphatic rings. The van der Waals surface area contributed by atoms with Crippen LogP contribution in [0.5, 0.6) is 0 Å². The van der Waals surface area contributed by atoms with Crippen LogP contribution < -0.4 is 0 Å². The van der Waals surface area contributed by atoms with E-state index in [-0.39, 0.29) is 0 Å². The van der Waals surface area contributed by atoms with E-state index in [4.69, 9.17) is 15.0 Å². The monoisotopic (exact) mass is 808 g/mol. The third kappa shape index (κ3) is 6.18. The van der Waals surface area contributed by atoms with Crippen molar-refractivity contribution in [3.63, 3.8) is 0 Å². The Hall–Kier alpha value is -7.99. The Kier molecular flexibility index (Phi) is 8.65. The third-order valence-electron chi connectivity index (χ3n) is 11.9. The minimum Gasteiger partial charge on any atom is -0.309 e. The lowest BCUT2D eigenvalue weighted by atomic mass is 9.97. The molecule has 0 saturated carbocycles. The zero-order valence-electron chi connectivity index (χ0n) is 33.5. The molecule has 12 rings (SSSR count). The molecule has 0 unspecified atom stereocenters. The van der Waals surface area contributed by atoms with Gasteiger partial charge in [-0.3, -0.25) is 4.98 Å². The van der Waals surface area contributed by atoms with Crippen molar-refractivity contribution in [1.29, 1.82) is 0 Å². The Morgan fingerprint density at radius 1 is 0.371 bits per heavy atom. The molecule has 4 heterocycles. The minimum atomic E-state index is 0.699. The maximum atomic E-state index is 5.15. The Morgan fingerprint density at radius 2 is 0.919 bits per heavy atom. The van der Waals surface area contributed by atoms with Crippen LogP contribution in [0.4, 0.5) is 0 Å². The number of aromatic nitrogens is 4. The first-order valence-electron chi connectivity index (χ1n) is 20.8. The van der Waals surface area contributed by atoms with E-state index >= 15 is 0 Å². The summed E-state index contributed by atoms with van der Waals surface area (Å²) in [6.45, 7) is 0. The van der Waals surface area contributed by atoms with E-state index in [1.165, 1.54) is 53.2 Å². The predicted molar refractivity (Wildman–Crippen MR) is 260 cm³/mol. The summed E-state index contributed by atoms with van der Waals surface area (Å²) < 4.78 is 4.95. The topological polar surface area (TPSA) is 43.6 Å². The van der Waals surface area contributed by atoms with Crippen LogP contribution in [0.2, 0.25) is 0 Å². The molecule has 62 heavy (non-hydrogen) atoms. The lowest BCUT2D eigenvalue weighted by Gasteiger charge is -2.13. The quantitative estimate of drug-likeness (QED) is 0.161. The summed E-state index contributed by atoms with van der Waals surface area (Å²) in [6, 6.07) is 75.4. The number of nitrogens with zero attached hydrogens (tertiary/aromatic N) is 4. The highest BCUT2D eigenvalue weighted by Gasteiger charge is 2.24. The molecule has 4 nitrogen and oxygen atoms in total. The number of pyridine rings is 1. The van der Waals surface area contributed by atoms with Gasteiger partial charge in [0.1, 0.15) is 0 Å². The summed E-state index contributed by atoms with van der Waals surface area (Å²) in [5.74, 6) is 0.699. The summed E-state index contributed by atoms with van der Waals surface area (Å²) in [5, 5.41) is 4.96. The molecule has 0 bridgehead atoms. The van der Waals surface area contributed by atoms with Gasteiger partial charge in [-0.2, -0.15) is 0 Å². The highest BCUT2D eigenvalue weighted by atomic mass is 32.1. The first-order chi connectivity index (χ1) is 30.7. The molecule has 4 aromatic heterocycles. The summed E-state index contributed by atoms with van der Waals surface area (Å²) in [5.41, 5.74) is 15.0. The van der Waals surface area contributed by atoms with Crippen LogP contribution >= 0.6 is 11.3 Å². The summed E-state index contributed by atoms with van der Waals surface area (Å²) in [6.07, 6.45) is 1.90. The summed E-state index contributed by atoms with van der Waals surface area (Å²) in [4.78, 5) is 15.2. The lowest BCUT2D eigenvalue weighted by Crippen LogP contribution is -1.98. The van der Waals surface area contributed by atoms with Crippen molar-refractivity contribution in [3.8, 4) is 73.1 Å². The third-order valence-corrected chi connectivity index (χ3v) is 13.0. The first kappa shape index (κ1) is 35.9. The van der Waals surface area contributed by atoms with Crippen LogP contribution in [0, 0.1) is 0 Å². The molecular formula is C57H36N4S. The Labute approximate surface area is 362 Å². The minimum absolute atomic E-state index is 0.699. The second kappa shape index (κ2) is 14.9. The second-order valence-corrected chi connectivity index (χ2v) is 16.7. The van der Waals surface area contributed by atoms with Gasteiger partial charge in [0.15, 0.2) is 5.82 Å². The molecular weight excluding hydrogens is 773 g/mol. The van der Waals surface area contributed by atoms with Gasteiger partial charge in [0.2, 0.25) is 0 Å². The van der Waals surface area contributed by atoms with Crippen LogP contribution in [0.3, 0.4) is 0 Å². The van der Waals surface area contributed by atoms with Gasteiger partial charge in [-0.05, 0) is 82.9 Å². The lowest BCUT2D eigenvalue weighted by molar-refractivity contribution is 1.17. The van der Waals surface area contributed by atoms with Gasteiger partial charge in [0.05, 0.1) is 28.1 Å². The maximum absolute atomic E-state index is 5.15. The van der Waals surface area contributed by atoms with E-state index in [2.05, 4.69) is 187 Å². The number of rotatable bonds is 7. The molecule has 5 heteroatoms. The molecule has 8 aromatic carbocycles. The van der Waals surface area contributed by atoms with Crippen LogP contribution in [-0.2, 0) is 0 Å². The van der Waals surface area contributed by atoms with Gasteiger partial charge in [-0.15, -0.1) is 11.3 Å². The van der Waals surface area contributed by atoms with Crippen molar-refractivity contribution in [1.82, 2.24) is 19.5 Å². The first-order valence-corrected chi connectivity index (χ1v) is 21.7. The van der Waals surface area contributed by atoms with E-state index in [0.29, 0.717) is 5.82 Å². The van der Waals surface area contributed by atoms with Crippen molar-refractivity contribution in [3.05, 3.63) is 219 Å². The largest absolute Gasteiger partial charge is 0.309 e. The fourth-order valence-corrected chi connectivity index (χ4v) is 10.1. The van der Waals surface area contributed by atoms with Gasteiger partial charge >= 0.3 is 0 Å². The van der Waals surface area contributed by atoms with Gasteiger partial charge in [0, 0.05) is 65.1 Å². The zero-order chi connectivity index (χ0) is 41.0. The van der Waals surface area contributed by atoms with Crippen molar-refractivity contribution in [2.24, 2.45) is 0 Å². The predicted octanol–water partition coefficient (Wildman–Crippen LogP) is 15.3. The average molecular weight is 809 g/mol. The molecule has 290 valence electrons. The van der Waals surface area contributed by atoms with E-state index in [1.54, 1.807) is 0 Å². The van der Waals surface area contributed by atoms with Gasteiger partial charge < -0.3 is 4.57 Å². The van der Waals surface area contributed by atoms with Crippen LogP contribution in [0.25, 0.3) is 115 Å². The molecule has 0 aliphatic heterocycles. The molecule has 12 aromatic rings. The molecule has 0 N–H and O–H groups in total. The maximum Gasteiger partial charge on any atom is 0.160 e. The zero-order valence-corrected chi connectivity index (χ0v) is 34.3. The SMILES string of the molecule is c1ccc(-c2ccc3sc4cc(-c5ccccn5)c5c(c6cc(-c7ccccc7)ccc6n5-c5ccc(-c6cc(-c7ccccc7)nc(-c7ccccc7)n6)cc5)c4c3c2)cc1. The van der Waals surface area contributed by atoms with E-state index < -0.39 is 0 Å². The highest BCUT2D eigenvalue weighted by molar-refractivity contribution is 7.26. The number of hydrogen-bond acceptors (Lipinski definition) is 4.